The van der Waals surface area contributed by atoms with Gasteiger partial charge in [-0.3, -0.25) is 5.10 Å². The molecule has 0 spiro atoms. The Kier molecular flexibility index (Phi) is 9.10. The van der Waals surface area contributed by atoms with Crippen LogP contribution >= 0.6 is 0 Å². The number of aromatic amines is 1. The maximum atomic E-state index is 9.61. The molecule has 0 fully saturated rings. The summed E-state index contributed by atoms with van der Waals surface area (Å²) in [5, 5.41) is 25.9. The second-order valence-corrected chi connectivity index (χ2v) is 7.85. The average Bonchev–Trinajstić information content (AvgIpc) is 3.28. The van der Waals surface area contributed by atoms with Crippen LogP contribution in [-0.2, 0) is 6.54 Å². The van der Waals surface area contributed by atoms with Crippen LogP contribution in [0.2, 0.25) is 0 Å². The maximum Gasteiger partial charge on any atom is 0.122 e. The van der Waals surface area contributed by atoms with E-state index < -0.39 is 6.10 Å². The first-order chi connectivity index (χ1) is 15.6. The Balaban J connectivity index is 1.47. The molecule has 2 aromatic carbocycles. The van der Waals surface area contributed by atoms with E-state index in [1.807, 2.05) is 30.5 Å². The SMILES string of the molecule is CCCCN(C)Cc1cn[nH]c1-c1ccc(OCCOc2ccc(C(O)CO)cc2)cc1. The molecule has 7 nitrogen and oxygen atoms in total. The number of nitrogens with one attached hydrogen (secondary N) is 1. The average molecular weight is 440 g/mol. The lowest BCUT2D eigenvalue weighted by Gasteiger charge is -2.16. The highest BCUT2D eigenvalue weighted by atomic mass is 16.5. The number of hydrogen-bond donors (Lipinski definition) is 3. The molecule has 1 aromatic heterocycles. The zero-order valence-electron chi connectivity index (χ0n) is 18.8. The molecule has 0 saturated carbocycles. The van der Waals surface area contributed by atoms with Crippen LogP contribution in [0.3, 0.4) is 0 Å². The van der Waals surface area contributed by atoms with Crippen LogP contribution < -0.4 is 9.47 Å². The Morgan fingerprint density at radius 1 is 1.00 bits per heavy atom. The van der Waals surface area contributed by atoms with Gasteiger partial charge in [0.05, 0.1) is 18.5 Å². The summed E-state index contributed by atoms with van der Waals surface area (Å²) in [7, 11) is 2.14. The fourth-order valence-corrected chi connectivity index (χ4v) is 3.41. The summed E-state index contributed by atoms with van der Waals surface area (Å²) in [6.45, 7) is 4.66. The van der Waals surface area contributed by atoms with Crippen LogP contribution in [-0.4, -0.2) is 58.7 Å². The zero-order chi connectivity index (χ0) is 22.8. The smallest absolute Gasteiger partial charge is 0.122 e. The van der Waals surface area contributed by atoms with E-state index in [0.717, 1.165) is 30.1 Å². The van der Waals surface area contributed by atoms with Crippen molar-refractivity contribution in [1.82, 2.24) is 15.1 Å². The number of nitrogens with zero attached hydrogens (tertiary/aromatic N) is 2. The zero-order valence-corrected chi connectivity index (χ0v) is 18.8. The summed E-state index contributed by atoms with van der Waals surface area (Å²) < 4.78 is 11.5. The molecule has 32 heavy (non-hydrogen) atoms. The van der Waals surface area contributed by atoms with Gasteiger partial charge in [0.25, 0.3) is 0 Å². The Morgan fingerprint density at radius 2 is 1.62 bits per heavy atom. The second-order valence-electron chi connectivity index (χ2n) is 7.85. The second kappa shape index (κ2) is 12.2. The molecule has 0 aliphatic heterocycles. The van der Waals surface area contributed by atoms with Gasteiger partial charge in [-0.25, -0.2) is 0 Å². The highest BCUT2D eigenvalue weighted by molar-refractivity contribution is 5.63. The van der Waals surface area contributed by atoms with Crippen molar-refractivity contribution in [3.05, 3.63) is 65.9 Å². The lowest BCUT2D eigenvalue weighted by molar-refractivity contribution is 0.0955. The molecule has 0 amide bonds. The quantitative estimate of drug-likeness (QED) is 0.351. The van der Waals surface area contributed by atoms with E-state index in [0.29, 0.717) is 24.5 Å². The van der Waals surface area contributed by atoms with Gasteiger partial charge in [-0.2, -0.15) is 5.10 Å². The van der Waals surface area contributed by atoms with E-state index >= 15 is 0 Å². The minimum atomic E-state index is -0.866. The van der Waals surface area contributed by atoms with E-state index in [-0.39, 0.29) is 6.61 Å². The topological polar surface area (TPSA) is 90.8 Å². The molecular formula is C25H33N3O4. The number of aliphatic hydroxyl groups is 2. The summed E-state index contributed by atoms with van der Waals surface area (Å²) in [4.78, 5) is 2.32. The third-order valence-electron chi connectivity index (χ3n) is 5.25. The molecule has 1 atom stereocenters. The molecule has 0 saturated heterocycles. The maximum absolute atomic E-state index is 9.61. The van der Waals surface area contributed by atoms with Gasteiger partial charge in [0, 0.05) is 17.7 Å². The van der Waals surface area contributed by atoms with Crippen molar-refractivity contribution in [2.24, 2.45) is 0 Å². The van der Waals surface area contributed by atoms with Gasteiger partial charge in [0.15, 0.2) is 0 Å². The summed E-state index contributed by atoms with van der Waals surface area (Å²) in [6, 6.07) is 15.0. The van der Waals surface area contributed by atoms with Crippen LogP contribution in [0, 0.1) is 0 Å². The van der Waals surface area contributed by atoms with Crippen molar-refractivity contribution >= 4 is 0 Å². The van der Waals surface area contributed by atoms with Gasteiger partial charge in [0.1, 0.15) is 30.8 Å². The standard InChI is InChI=1S/C25H33N3O4/c1-3-4-13-28(2)17-21-16-26-27-25(21)20-7-11-23(12-8-20)32-15-14-31-22-9-5-19(6-10-22)24(30)18-29/h5-12,16,24,29-30H,3-4,13-15,17-18H2,1-2H3,(H,26,27). The molecule has 0 aliphatic rings. The summed E-state index contributed by atoms with van der Waals surface area (Å²) >= 11 is 0. The van der Waals surface area contributed by atoms with Gasteiger partial charge in [-0.15, -0.1) is 0 Å². The minimum absolute atomic E-state index is 0.301. The van der Waals surface area contributed by atoms with Crippen molar-refractivity contribution in [3.63, 3.8) is 0 Å². The van der Waals surface area contributed by atoms with Crippen molar-refractivity contribution < 1.29 is 19.7 Å². The van der Waals surface area contributed by atoms with E-state index in [1.54, 1.807) is 24.3 Å². The van der Waals surface area contributed by atoms with E-state index in [1.165, 1.54) is 18.4 Å². The monoisotopic (exact) mass is 439 g/mol. The Morgan fingerprint density at radius 3 is 2.22 bits per heavy atom. The summed E-state index contributed by atoms with van der Waals surface area (Å²) in [5.74, 6) is 1.47. The van der Waals surface area contributed by atoms with Crippen LogP contribution in [0.25, 0.3) is 11.3 Å². The predicted molar refractivity (Wildman–Crippen MR) is 125 cm³/mol. The van der Waals surface area contributed by atoms with Crippen molar-refractivity contribution in [2.75, 3.05) is 33.4 Å². The molecule has 1 heterocycles. The van der Waals surface area contributed by atoms with Crippen molar-refractivity contribution in [2.45, 2.75) is 32.4 Å². The lowest BCUT2D eigenvalue weighted by atomic mass is 10.1. The predicted octanol–water partition coefficient (Wildman–Crippen LogP) is 3.79. The van der Waals surface area contributed by atoms with Gasteiger partial charge >= 0.3 is 0 Å². The number of ether oxygens (including phenoxy) is 2. The molecule has 3 N–H and O–H groups in total. The van der Waals surface area contributed by atoms with Gasteiger partial charge in [-0.05, 0) is 62.0 Å². The minimum Gasteiger partial charge on any atom is -0.490 e. The summed E-state index contributed by atoms with van der Waals surface area (Å²) in [5.41, 5.74) is 3.96. The first-order valence-electron chi connectivity index (χ1n) is 11.1. The van der Waals surface area contributed by atoms with Gasteiger partial charge in [-0.1, -0.05) is 25.5 Å². The van der Waals surface area contributed by atoms with Crippen molar-refractivity contribution in [3.8, 4) is 22.8 Å². The van der Waals surface area contributed by atoms with Crippen LogP contribution in [0.1, 0.15) is 37.0 Å². The highest BCUT2D eigenvalue weighted by Crippen LogP contribution is 2.25. The Hall–Kier alpha value is -2.87. The van der Waals surface area contributed by atoms with Gasteiger partial charge in [0.2, 0.25) is 0 Å². The number of aromatic nitrogens is 2. The third-order valence-corrected chi connectivity index (χ3v) is 5.25. The normalized spacial score (nSPS) is 12.2. The number of rotatable bonds is 13. The molecule has 3 aromatic rings. The molecule has 0 aliphatic carbocycles. The molecule has 0 bridgehead atoms. The number of benzene rings is 2. The first-order valence-corrected chi connectivity index (χ1v) is 11.1. The fourth-order valence-electron chi connectivity index (χ4n) is 3.41. The lowest BCUT2D eigenvalue weighted by Crippen LogP contribution is -2.19. The van der Waals surface area contributed by atoms with Crippen LogP contribution in [0.15, 0.2) is 54.7 Å². The van der Waals surface area contributed by atoms with E-state index in [4.69, 9.17) is 14.6 Å². The first kappa shape index (κ1) is 23.8. The Labute approximate surface area is 189 Å². The third kappa shape index (κ3) is 6.82. The molecule has 172 valence electrons. The highest BCUT2D eigenvalue weighted by Gasteiger charge is 2.10. The molecule has 0 radical (unpaired) electrons. The van der Waals surface area contributed by atoms with Crippen LogP contribution in [0.4, 0.5) is 0 Å². The van der Waals surface area contributed by atoms with Crippen molar-refractivity contribution in [1.29, 1.82) is 0 Å². The molecule has 7 heteroatoms. The largest absolute Gasteiger partial charge is 0.490 e. The van der Waals surface area contributed by atoms with E-state index in [2.05, 4.69) is 29.1 Å². The van der Waals surface area contributed by atoms with E-state index in [9.17, 15) is 5.11 Å². The van der Waals surface area contributed by atoms with Gasteiger partial charge < -0.3 is 24.6 Å². The molecule has 3 rings (SSSR count). The number of H-pyrrole nitrogens is 1. The van der Waals surface area contributed by atoms with Crippen LogP contribution in [0.5, 0.6) is 11.5 Å². The Bertz CT molecular complexity index is 925. The molecule has 1 unspecified atom stereocenters. The number of hydrogen-bond acceptors (Lipinski definition) is 6. The fraction of sp³-hybridized carbons (Fsp3) is 0.400. The number of aliphatic hydroxyl groups excluding tert-OH is 2. The summed E-state index contributed by atoms with van der Waals surface area (Å²) in [6.07, 6.45) is 3.42. The molecular weight excluding hydrogens is 406 g/mol. The number of unbranched alkanes of at least 4 members (excludes halogenated alkanes) is 1.